The normalized spacial score (nSPS) is 21.7. The quantitative estimate of drug-likeness (QED) is 0.677. The molecule has 0 radical (unpaired) electrons. The summed E-state index contributed by atoms with van der Waals surface area (Å²) in [7, 11) is 0. The van der Waals surface area contributed by atoms with Crippen molar-refractivity contribution in [2.24, 2.45) is 0 Å². The minimum atomic E-state index is 0.499. The van der Waals surface area contributed by atoms with Gasteiger partial charge >= 0.3 is 0 Å². The summed E-state index contributed by atoms with van der Waals surface area (Å²) >= 11 is 0. The molecule has 2 aliphatic rings. The van der Waals surface area contributed by atoms with Crippen molar-refractivity contribution < 1.29 is 4.74 Å². The molecule has 0 saturated heterocycles. The maximum Gasteiger partial charge on any atom is 0.126 e. The van der Waals surface area contributed by atoms with Crippen LogP contribution in [-0.4, -0.2) is 6.61 Å². The lowest BCUT2D eigenvalue weighted by Gasteiger charge is -2.46. The molecule has 1 aliphatic carbocycles. The summed E-state index contributed by atoms with van der Waals surface area (Å²) in [5.41, 5.74) is 3.39. The smallest absolute Gasteiger partial charge is 0.126 e. The van der Waals surface area contributed by atoms with Gasteiger partial charge in [-0.3, -0.25) is 0 Å². The monoisotopic (exact) mass is 202 g/mol. The Kier molecular flexibility index (Phi) is 2.01. The van der Waals surface area contributed by atoms with Gasteiger partial charge in [0, 0.05) is 11.0 Å². The van der Waals surface area contributed by atoms with Crippen LogP contribution < -0.4 is 4.74 Å². The van der Waals surface area contributed by atoms with Crippen LogP contribution in [0.2, 0.25) is 0 Å². The minimum absolute atomic E-state index is 0.499. The molecular weight excluding hydrogens is 184 g/mol. The zero-order valence-electron chi connectivity index (χ0n) is 9.38. The summed E-state index contributed by atoms with van der Waals surface area (Å²) < 4.78 is 5.88. The van der Waals surface area contributed by atoms with Crippen LogP contribution in [0.4, 0.5) is 0 Å². The van der Waals surface area contributed by atoms with E-state index in [4.69, 9.17) is 4.74 Å². The van der Waals surface area contributed by atoms with Crippen LogP contribution in [0.1, 0.15) is 43.7 Å². The number of fused-ring (bicyclic) bond motifs is 2. The fraction of sp³-hybridized carbons (Fsp3) is 0.571. The molecule has 1 saturated carbocycles. The zero-order valence-corrected chi connectivity index (χ0v) is 9.38. The Morgan fingerprint density at radius 3 is 2.80 bits per heavy atom. The second-order valence-corrected chi connectivity index (χ2v) is 4.88. The van der Waals surface area contributed by atoms with Crippen molar-refractivity contribution in [3.63, 3.8) is 0 Å². The molecule has 3 rings (SSSR count). The van der Waals surface area contributed by atoms with Gasteiger partial charge in [0.15, 0.2) is 0 Å². The Balaban J connectivity index is 2.12. The average Bonchev–Trinajstić information content (AvgIpc) is 2.25. The van der Waals surface area contributed by atoms with Crippen molar-refractivity contribution in [1.82, 2.24) is 0 Å². The third-order valence-electron chi connectivity index (χ3n) is 4.19. The number of para-hydroxylation sites is 1. The lowest BCUT2D eigenvalue weighted by molar-refractivity contribution is 0.142. The molecule has 1 aromatic carbocycles. The first-order valence-corrected chi connectivity index (χ1v) is 6.11. The van der Waals surface area contributed by atoms with E-state index in [0.29, 0.717) is 5.41 Å². The predicted molar refractivity (Wildman–Crippen MR) is 61.5 cm³/mol. The fourth-order valence-corrected chi connectivity index (χ4v) is 3.06. The maximum absolute atomic E-state index is 5.88. The Hall–Kier alpha value is -0.980. The summed E-state index contributed by atoms with van der Waals surface area (Å²) in [5, 5.41) is 0. The largest absolute Gasteiger partial charge is 0.493 e. The summed E-state index contributed by atoms with van der Waals surface area (Å²) in [6.07, 6.45) is 6.45. The van der Waals surface area contributed by atoms with Crippen molar-refractivity contribution in [2.75, 3.05) is 6.61 Å². The summed E-state index contributed by atoms with van der Waals surface area (Å²) in [5.74, 6) is 1.21. The summed E-state index contributed by atoms with van der Waals surface area (Å²) in [6, 6.07) is 6.69. The molecule has 1 nitrogen and oxygen atoms in total. The first-order valence-electron chi connectivity index (χ1n) is 6.11. The molecule has 80 valence electrons. The Morgan fingerprint density at radius 1 is 1.27 bits per heavy atom. The number of benzene rings is 1. The summed E-state index contributed by atoms with van der Waals surface area (Å²) in [6.45, 7) is 3.13. The third kappa shape index (κ3) is 1.22. The van der Waals surface area contributed by atoms with Crippen molar-refractivity contribution in [3.8, 4) is 5.75 Å². The van der Waals surface area contributed by atoms with E-state index in [1.807, 2.05) is 0 Å². The van der Waals surface area contributed by atoms with Gasteiger partial charge in [0.1, 0.15) is 5.75 Å². The molecule has 1 aliphatic heterocycles. The first-order chi connectivity index (χ1) is 7.36. The number of rotatable bonds is 1. The SMILES string of the molecule is CCc1cccc2c1OCCC21CCC1. The third-order valence-corrected chi connectivity index (χ3v) is 4.19. The molecule has 0 aromatic heterocycles. The lowest BCUT2D eigenvalue weighted by atomic mass is 9.61. The number of ether oxygens (including phenoxy) is 1. The Morgan fingerprint density at radius 2 is 2.13 bits per heavy atom. The van der Waals surface area contributed by atoms with Crippen LogP contribution >= 0.6 is 0 Å². The van der Waals surface area contributed by atoms with Gasteiger partial charge in [0.2, 0.25) is 0 Å². The first kappa shape index (κ1) is 9.26. The molecule has 1 spiro atoms. The highest BCUT2D eigenvalue weighted by atomic mass is 16.5. The van der Waals surface area contributed by atoms with E-state index < -0.39 is 0 Å². The molecule has 1 heterocycles. The van der Waals surface area contributed by atoms with Crippen molar-refractivity contribution in [1.29, 1.82) is 0 Å². The minimum Gasteiger partial charge on any atom is -0.493 e. The topological polar surface area (TPSA) is 9.23 Å². The van der Waals surface area contributed by atoms with E-state index in [1.165, 1.54) is 42.6 Å². The fourth-order valence-electron chi connectivity index (χ4n) is 3.06. The molecule has 1 aromatic rings. The molecule has 0 atom stereocenters. The van der Waals surface area contributed by atoms with E-state index in [-0.39, 0.29) is 0 Å². The highest BCUT2D eigenvalue weighted by molar-refractivity contribution is 5.48. The highest BCUT2D eigenvalue weighted by Gasteiger charge is 2.42. The molecule has 0 bridgehead atoms. The maximum atomic E-state index is 5.88. The molecule has 0 N–H and O–H groups in total. The van der Waals surface area contributed by atoms with E-state index >= 15 is 0 Å². The standard InChI is InChI=1S/C14H18O/c1-2-11-5-3-6-12-13(11)15-10-9-14(12)7-4-8-14/h3,5-6H,2,4,7-10H2,1H3. The average molecular weight is 202 g/mol. The van der Waals surface area contributed by atoms with Crippen LogP contribution in [-0.2, 0) is 11.8 Å². The van der Waals surface area contributed by atoms with Crippen LogP contribution in [0.15, 0.2) is 18.2 Å². The van der Waals surface area contributed by atoms with E-state index in [9.17, 15) is 0 Å². The summed E-state index contributed by atoms with van der Waals surface area (Å²) in [4.78, 5) is 0. The van der Waals surface area contributed by atoms with E-state index in [0.717, 1.165) is 13.0 Å². The van der Waals surface area contributed by atoms with Gasteiger partial charge in [-0.05, 0) is 31.2 Å². The molecule has 0 unspecified atom stereocenters. The van der Waals surface area contributed by atoms with Gasteiger partial charge in [0.05, 0.1) is 6.61 Å². The van der Waals surface area contributed by atoms with E-state index in [1.54, 1.807) is 0 Å². The molecular formula is C14H18O. The van der Waals surface area contributed by atoms with Crippen LogP contribution in [0.25, 0.3) is 0 Å². The molecule has 15 heavy (non-hydrogen) atoms. The lowest BCUT2D eigenvalue weighted by Crippen LogP contribution is -2.39. The second-order valence-electron chi connectivity index (χ2n) is 4.88. The molecule has 1 heteroatoms. The predicted octanol–water partition coefficient (Wildman–Crippen LogP) is 3.45. The van der Waals surface area contributed by atoms with E-state index in [2.05, 4.69) is 25.1 Å². The van der Waals surface area contributed by atoms with Crippen molar-refractivity contribution in [3.05, 3.63) is 29.3 Å². The van der Waals surface area contributed by atoms with Crippen LogP contribution in [0.3, 0.4) is 0 Å². The van der Waals surface area contributed by atoms with Gasteiger partial charge in [0.25, 0.3) is 0 Å². The highest BCUT2D eigenvalue weighted by Crippen LogP contribution is 2.52. The molecule has 0 amide bonds. The van der Waals surface area contributed by atoms with Gasteiger partial charge in [-0.25, -0.2) is 0 Å². The number of hydrogen-bond acceptors (Lipinski definition) is 1. The van der Waals surface area contributed by atoms with Gasteiger partial charge in [-0.15, -0.1) is 0 Å². The van der Waals surface area contributed by atoms with Gasteiger partial charge in [-0.2, -0.15) is 0 Å². The van der Waals surface area contributed by atoms with Crippen LogP contribution in [0, 0.1) is 0 Å². The van der Waals surface area contributed by atoms with Crippen molar-refractivity contribution in [2.45, 2.75) is 44.4 Å². The van der Waals surface area contributed by atoms with Gasteiger partial charge in [-0.1, -0.05) is 31.5 Å². The number of aryl methyl sites for hydroxylation is 1. The second kappa shape index (κ2) is 3.26. The van der Waals surface area contributed by atoms with Crippen LogP contribution in [0.5, 0.6) is 5.75 Å². The molecule has 1 fully saturated rings. The number of hydrogen-bond donors (Lipinski definition) is 0. The van der Waals surface area contributed by atoms with Crippen molar-refractivity contribution >= 4 is 0 Å². The Bertz CT molecular complexity index is 377. The Labute approximate surface area is 91.5 Å². The van der Waals surface area contributed by atoms with Gasteiger partial charge < -0.3 is 4.74 Å². The zero-order chi connectivity index (χ0) is 10.3.